The third-order valence-electron chi connectivity index (χ3n) is 2.83. The van der Waals surface area contributed by atoms with Crippen LogP contribution in [0.2, 0.25) is 0 Å². The van der Waals surface area contributed by atoms with Crippen LogP contribution in [0, 0.1) is 0 Å². The number of halogens is 1. The minimum atomic E-state index is -3.41. The molecule has 0 radical (unpaired) electrons. The quantitative estimate of drug-likeness (QED) is 0.858. The molecule has 0 amide bonds. The molecular weight excluding hydrogens is 330 g/mol. The summed E-state index contributed by atoms with van der Waals surface area (Å²) in [5, 5.41) is 0. The summed E-state index contributed by atoms with van der Waals surface area (Å²) in [4.78, 5) is 4.27. The third-order valence-corrected chi connectivity index (χ3v) is 5.08. The largest absolute Gasteiger partial charge is 0.398 e. The Morgan fingerprint density at radius 1 is 1.42 bits per heavy atom. The number of nitrogens with two attached hydrogens (primary N) is 1. The summed E-state index contributed by atoms with van der Waals surface area (Å²) in [5.74, 6) is 0.718. The van der Waals surface area contributed by atoms with Gasteiger partial charge in [-0.1, -0.05) is 15.9 Å². The van der Waals surface area contributed by atoms with E-state index in [-0.39, 0.29) is 16.3 Å². The van der Waals surface area contributed by atoms with Crippen LogP contribution in [-0.4, -0.2) is 23.7 Å². The number of aromatic nitrogens is 2. The summed E-state index contributed by atoms with van der Waals surface area (Å²) in [6, 6.07) is 4.83. The standard InChI is InChI=1S/C12H14BrN3O2S/c1-16-6-5-15-12(16)4-7-19(17,18)11-8-9(13)2-3-10(11)14/h2-3,5-6,8H,4,7,14H2,1H3. The van der Waals surface area contributed by atoms with Gasteiger partial charge in [0.25, 0.3) is 0 Å². The van der Waals surface area contributed by atoms with E-state index in [2.05, 4.69) is 20.9 Å². The topological polar surface area (TPSA) is 78.0 Å². The van der Waals surface area contributed by atoms with Crippen molar-refractivity contribution in [1.29, 1.82) is 0 Å². The Morgan fingerprint density at radius 2 is 2.16 bits per heavy atom. The van der Waals surface area contributed by atoms with E-state index < -0.39 is 9.84 Å². The van der Waals surface area contributed by atoms with E-state index in [4.69, 9.17) is 5.73 Å². The summed E-state index contributed by atoms with van der Waals surface area (Å²) in [5.41, 5.74) is 6.00. The van der Waals surface area contributed by atoms with Crippen LogP contribution < -0.4 is 5.73 Å². The van der Waals surface area contributed by atoms with Gasteiger partial charge in [-0.2, -0.15) is 0 Å². The van der Waals surface area contributed by atoms with Crippen molar-refractivity contribution in [3.05, 3.63) is 40.9 Å². The van der Waals surface area contributed by atoms with Gasteiger partial charge in [-0.05, 0) is 18.2 Å². The van der Waals surface area contributed by atoms with Crippen molar-refractivity contribution in [2.45, 2.75) is 11.3 Å². The highest BCUT2D eigenvalue weighted by Crippen LogP contribution is 2.24. The van der Waals surface area contributed by atoms with Crippen LogP contribution in [0.5, 0.6) is 0 Å². The van der Waals surface area contributed by atoms with Crippen molar-refractivity contribution in [3.63, 3.8) is 0 Å². The van der Waals surface area contributed by atoms with E-state index in [1.807, 2.05) is 7.05 Å². The highest BCUT2D eigenvalue weighted by Gasteiger charge is 2.19. The number of hydrogen-bond acceptors (Lipinski definition) is 4. The van der Waals surface area contributed by atoms with Gasteiger partial charge in [0.2, 0.25) is 0 Å². The zero-order chi connectivity index (χ0) is 14.0. The molecule has 2 rings (SSSR count). The molecule has 1 aromatic carbocycles. The normalized spacial score (nSPS) is 11.7. The number of imidazole rings is 1. The SMILES string of the molecule is Cn1ccnc1CCS(=O)(=O)c1cc(Br)ccc1N. The van der Waals surface area contributed by atoms with Crippen molar-refractivity contribution < 1.29 is 8.42 Å². The number of sulfone groups is 1. The van der Waals surface area contributed by atoms with Crippen LogP contribution in [0.3, 0.4) is 0 Å². The molecule has 0 aliphatic heterocycles. The first kappa shape index (κ1) is 14.1. The Balaban J connectivity index is 2.23. The van der Waals surface area contributed by atoms with Crippen molar-refractivity contribution in [2.24, 2.45) is 7.05 Å². The molecular formula is C12H14BrN3O2S. The first-order chi connectivity index (χ1) is 8.90. The number of benzene rings is 1. The van der Waals surface area contributed by atoms with Gasteiger partial charge in [0.1, 0.15) is 5.82 Å². The van der Waals surface area contributed by atoms with E-state index in [0.717, 1.165) is 5.82 Å². The number of nitrogens with zero attached hydrogens (tertiary/aromatic N) is 2. The van der Waals surface area contributed by atoms with Gasteiger partial charge in [0, 0.05) is 30.3 Å². The molecule has 0 aliphatic carbocycles. The second-order valence-electron chi connectivity index (χ2n) is 4.21. The van der Waals surface area contributed by atoms with Crippen molar-refractivity contribution in [3.8, 4) is 0 Å². The molecule has 7 heteroatoms. The zero-order valence-corrected chi connectivity index (χ0v) is 12.8. The fraction of sp³-hybridized carbons (Fsp3) is 0.250. The van der Waals surface area contributed by atoms with Gasteiger partial charge in [0.05, 0.1) is 16.3 Å². The number of nitrogen functional groups attached to an aromatic ring is 1. The molecule has 0 saturated heterocycles. The summed E-state index contributed by atoms with van der Waals surface area (Å²) < 4.78 is 27.0. The Labute approximate surface area is 120 Å². The lowest BCUT2D eigenvalue weighted by molar-refractivity contribution is 0.594. The second-order valence-corrected chi connectivity index (χ2v) is 7.20. The molecule has 0 atom stereocenters. The second kappa shape index (κ2) is 5.34. The molecule has 1 heterocycles. The van der Waals surface area contributed by atoms with Crippen LogP contribution in [0.15, 0.2) is 40.0 Å². The first-order valence-electron chi connectivity index (χ1n) is 5.64. The monoisotopic (exact) mass is 343 g/mol. The predicted molar refractivity (Wildman–Crippen MR) is 77.5 cm³/mol. The van der Waals surface area contributed by atoms with E-state index in [1.54, 1.807) is 29.1 Å². The van der Waals surface area contributed by atoms with Crippen LogP contribution in [0.1, 0.15) is 5.82 Å². The maximum atomic E-state index is 12.3. The minimum absolute atomic E-state index is 0.0154. The molecule has 2 aromatic rings. The van der Waals surface area contributed by atoms with Gasteiger partial charge in [-0.3, -0.25) is 0 Å². The third kappa shape index (κ3) is 3.16. The van der Waals surface area contributed by atoms with Crippen LogP contribution in [-0.2, 0) is 23.3 Å². The van der Waals surface area contributed by atoms with Crippen molar-refractivity contribution in [1.82, 2.24) is 9.55 Å². The van der Waals surface area contributed by atoms with Crippen LogP contribution >= 0.6 is 15.9 Å². The Morgan fingerprint density at radius 3 is 2.79 bits per heavy atom. The highest BCUT2D eigenvalue weighted by molar-refractivity contribution is 9.10. The van der Waals surface area contributed by atoms with Crippen molar-refractivity contribution >= 4 is 31.5 Å². The summed E-state index contributed by atoms with van der Waals surface area (Å²) in [7, 11) is -1.58. The lowest BCUT2D eigenvalue weighted by atomic mass is 10.3. The minimum Gasteiger partial charge on any atom is -0.398 e. The number of anilines is 1. The molecule has 0 saturated carbocycles. The summed E-state index contributed by atoms with van der Waals surface area (Å²) in [6.45, 7) is 0. The van der Waals surface area contributed by atoms with Gasteiger partial charge in [0.15, 0.2) is 9.84 Å². The smallest absolute Gasteiger partial charge is 0.180 e. The molecule has 0 fully saturated rings. The van der Waals surface area contributed by atoms with E-state index >= 15 is 0 Å². The molecule has 0 bridgehead atoms. The van der Waals surface area contributed by atoms with Gasteiger partial charge < -0.3 is 10.3 Å². The molecule has 0 aliphatic rings. The van der Waals surface area contributed by atoms with Crippen LogP contribution in [0.25, 0.3) is 0 Å². The Bertz CT molecular complexity index is 695. The molecule has 102 valence electrons. The molecule has 2 N–H and O–H groups in total. The van der Waals surface area contributed by atoms with Crippen LogP contribution in [0.4, 0.5) is 5.69 Å². The van der Waals surface area contributed by atoms with Gasteiger partial charge >= 0.3 is 0 Å². The van der Waals surface area contributed by atoms with E-state index in [1.165, 1.54) is 6.07 Å². The zero-order valence-electron chi connectivity index (χ0n) is 10.4. The van der Waals surface area contributed by atoms with Crippen molar-refractivity contribution in [2.75, 3.05) is 11.5 Å². The molecule has 5 nitrogen and oxygen atoms in total. The molecule has 0 unspecified atom stereocenters. The highest BCUT2D eigenvalue weighted by atomic mass is 79.9. The van der Waals surface area contributed by atoms with Gasteiger partial charge in [-0.15, -0.1) is 0 Å². The lowest BCUT2D eigenvalue weighted by Gasteiger charge is -2.08. The van der Waals surface area contributed by atoms with E-state index in [9.17, 15) is 8.42 Å². The number of rotatable bonds is 4. The molecule has 1 aromatic heterocycles. The fourth-order valence-corrected chi connectivity index (χ4v) is 3.67. The summed E-state index contributed by atoms with van der Waals surface area (Å²) >= 11 is 3.25. The Kier molecular flexibility index (Phi) is 3.96. The maximum absolute atomic E-state index is 12.3. The maximum Gasteiger partial charge on any atom is 0.180 e. The number of hydrogen-bond donors (Lipinski definition) is 1. The fourth-order valence-electron chi connectivity index (χ4n) is 1.75. The van der Waals surface area contributed by atoms with E-state index in [0.29, 0.717) is 10.9 Å². The average Bonchev–Trinajstić information content (AvgIpc) is 2.75. The summed E-state index contributed by atoms with van der Waals surface area (Å²) in [6.07, 6.45) is 3.79. The van der Waals surface area contributed by atoms with Gasteiger partial charge in [-0.25, -0.2) is 13.4 Å². The molecule has 19 heavy (non-hydrogen) atoms. The Hall–Kier alpha value is -1.34. The average molecular weight is 344 g/mol. The predicted octanol–water partition coefficient (Wildman–Crippen LogP) is 1.78. The number of aryl methyl sites for hydroxylation is 2. The lowest BCUT2D eigenvalue weighted by Crippen LogP contribution is -2.13. The molecule has 0 spiro atoms. The first-order valence-corrected chi connectivity index (χ1v) is 8.08.